The maximum atomic E-state index is 11.9. The number of imidazole rings is 1. The smallest absolute Gasteiger partial charge is 0.237 e. The van der Waals surface area contributed by atoms with Crippen LogP contribution in [-0.4, -0.2) is 28.5 Å². The van der Waals surface area contributed by atoms with E-state index in [9.17, 15) is 4.79 Å². The minimum atomic E-state index is -0.0521. The maximum absolute atomic E-state index is 11.9. The molecule has 2 rings (SSSR count). The summed E-state index contributed by atoms with van der Waals surface area (Å²) in [6.07, 6.45) is 5.71. The number of carbonyl (C=O) groups excluding carboxylic acids is 1. The average molecular weight is 222 g/mol. The Balaban J connectivity index is 1.83. The number of hydrogen-bond acceptors (Lipinski definition) is 3. The molecule has 0 bridgehead atoms. The van der Waals surface area contributed by atoms with Crippen LogP contribution in [0, 0.1) is 5.92 Å². The molecule has 1 amide bonds. The molecule has 0 aromatic carbocycles. The van der Waals surface area contributed by atoms with Gasteiger partial charge in [0.25, 0.3) is 0 Å². The molecule has 2 atom stereocenters. The highest BCUT2D eigenvalue weighted by Crippen LogP contribution is 2.15. The fourth-order valence-electron chi connectivity index (χ4n) is 2.08. The van der Waals surface area contributed by atoms with Gasteiger partial charge in [-0.2, -0.15) is 0 Å². The van der Waals surface area contributed by atoms with E-state index in [1.165, 1.54) is 0 Å². The largest absolute Gasteiger partial charge is 0.348 e. The van der Waals surface area contributed by atoms with E-state index in [2.05, 4.69) is 27.5 Å². The zero-order valence-corrected chi connectivity index (χ0v) is 9.49. The van der Waals surface area contributed by atoms with Crippen LogP contribution < -0.4 is 10.6 Å². The number of nitrogens with zero attached hydrogens (tertiary/aromatic N) is 1. The highest BCUT2D eigenvalue weighted by Gasteiger charge is 2.26. The van der Waals surface area contributed by atoms with Gasteiger partial charge >= 0.3 is 0 Å². The van der Waals surface area contributed by atoms with E-state index in [0.29, 0.717) is 12.5 Å². The molecule has 3 N–H and O–H groups in total. The van der Waals surface area contributed by atoms with Crippen LogP contribution in [0.5, 0.6) is 0 Å². The van der Waals surface area contributed by atoms with Crippen LogP contribution in [0.4, 0.5) is 0 Å². The molecular weight excluding hydrogens is 204 g/mol. The van der Waals surface area contributed by atoms with E-state index in [4.69, 9.17) is 0 Å². The minimum absolute atomic E-state index is 0.0521. The lowest BCUT2D eigenvalue weighted by atomic mass is 9.92. The van der Waals surface area contributed by atoms with Gasteiger partial charge in [-0.25, -0.2) is 4.98 Å². The highest BCUT2D eigenvalue weighted by atomic mass is 16.2. The summed E-state index contributed by atoms with van der Waals surface area (Å²) in [5.74, 6) is 1.27. The minimum Gasteiger partial charge on any atom is -0.348 e. The Morgan fingerprint density at radius 3 is 3.25 bits per heavy atom. The van der Waals surface area contributed by atoms with Gasteiger partial charge in [0, 0.05) is 12.4 Å². The molecule has 0 spiro atoms. The van der Waals surface area contributed by atoms with Crippen LogP contribution in [0.3, 0.4) is 0 Å². The SMILES string of the molecule is CC1CCCNC1C(=O)NCc1ncc[nH]1. The van der Waals surface area contributed by atoms with Gasteiger partial charge in [0.1, 0.15) is 5.82 Å². The van der Waals surface area contributed by atoms with Crippen LogP contribution in [-0.2, 0) is 11.3 Å². The van der Waals surface area contributed by atoms with E-state index >= 15 is 0 Å². The number of piperidine rings is 1. The van der Waals surface area contributed by atoms with Crippen molar-refractivity contribution >= 4 is 5.91 Å². The second-order valence-electron chi connectivity index (χ2n) is 4.30. The van der Waals surface area contributed by atoms with Crippen LogP contribution in [0.2, 0.25) is 0 Å². The second-order valence-corrected chi connectivity index (χ2v) is 4.30. The standard InChI is InChI=1S/C11H18N4O/c1-8-3-2-4-14-10(8)11(16)15-7-9-12-5-6-13-9/h5-6,8,10,14H,2-4,7H2,1H3,(H,12,13)(H,15,16). The summed E-state index contributed by atoms with van der Waals surface area (Å²) in [6.45, 7) is 3.52. The number of nitrogens with one attached hydrogen (secondary N) is 3. The van der Waals surface area contributed by atoms with Gasteiger partial charge < -0.3 is 15.6 Å². The maximum Gasteiger partial charge on any atom is 0.237 e. The molecule has 1 aliphatic rings. The molecule has 2 unspecified atom stereocenters. The third-order valence-electron chi connectivity index (χ3n) is 3.04. The topological polar surface area (TPSA) is 69.8 Å². The van der Waals surface area contributed by atoms with E-state index in [1.807, 2.05) is 0 Å². The van der Waals surface area contributed by atoms with Crippen molar-refractivity contribution in [3.05, 3.63) is 18.2 Å². The monoisotopic (exact) mass is 222 g/mol. The van der Waals surface area contributed by atoms with Crippen LogP contribution in [0.15, 0.2) is 12.4 Å². The zero-order chi connectivity index (χ0) is 11.4. The molecule has 1 aliphatic heterocycles. The molecule has 1 saturated heterocycles. The normalized spacial score (nSPS) is 25.3. The van der Waals surface area contributed by atoms with Gasteiger partial charge in [-0.05, 0) is 25.3 Å². The second kappa shape index (κ2) is 5.12. The van der Waals surface area contributed by atoms with Crippen molar-refractivity contribution in [1.29, 1.82) is 0 Å². The van der Waals surface area contributed by atoms with Gasteiger partial charge in [0.2, 0.25) is 5.91 Å². The molecule has 0 aliphatic carbocycles. The summed E-state index contributed by atoms with van der Waals surface area (Å²) in [6, 6.07) is -0.0521. The summed E-state index contributed by atoms with van der Waals surface area (Å²) < 4.78 is 0. The Kier molecular flexibility index (Phi) is 3.56. The molecular formula is C11H18N4O. The lowest BCUT2D eigenvalue weighted by molar-refractivity contribution is -0.125. The first-order valence-electron chi connectivity index (χ1n) is 5.76. The number of hydrogen-bond donors (Lipinski definition) is 3. The first kappa shape index (κ1) is 11.1. The number of H-pyrrole nitrogens is 1. The fourth-order valence-corrected chi connectivity index (χ4v) is 2.08. The number of amides is 1. The quantitative estimate of drug-likeness (QED) is 0.694. The Morgan fingerprint density at radius 1 is 1.69 bits per heavy atom. The van der Waals surface area contributed by atoms with Crippen molar-refractivity contribution in [3.63, 3.8) is 0 Å². The predicted octanol–water partition coefficient (Wildman–Crippen LogP) is 0.414. The lowest BCUT2D eigenvalue weighted by Gasteiger charge is -2.28. The van der Waals surface area contributed by atoms with Crippen molar-refractivity contribution in [2.45, 2.75) is 32.4 Å². The Hall–Kier alpha value is -1.36. The van der Waals surface area contributed by atoms with Crippen LogP contribution in [0.1, 0.15) is 25.6 Å². The van der Waals surface area contributed by atoms with Crippen LogP contribution in [0.25, 0.3) is 0 Å². The van der Waals surface area contributed by atoms with Crippen molar-refractivity contribution in [2.24, 2.45) is 5.92 Å². The Bertz CT molecular complexity index is 336. The van der Waals surface area contributed by atoms with Gasteiger partial charge in [0.15, 0.2) is 0 Å². The molecule has 1 aromatic heterocycles. The molecule has 2 heterocycles. The van der Waals surface area contributed by atoms with E-state index in [1.54, 1.807) is 12.4 Å². The molecule has 1 aromatic rings. The van der Waals surface area contributed by atoms with Gasteiger partial charge in [-0.15, -0.1) is 0 Å². The fraction of sp³-hybridized carbons (Fsp3) is 0.636. The van der Waals surface area contributed by atoms with Crippen LogP contribution >= 0.6 is 0 Å². The average Bonchev–Trinajstić information content (AvgIpc) is 2.79. The Morgan fingerprint density at radius 2 is 2.56 bits per heavy atom. The van der Waals surface area contributed by atoms with Crippen molar-refractivity contribution in [3.8, 4) is 0 Å². The third-order valence-corrected chi connectivity index (χ3v) is 3.04. The summed E-state index contributed by atoms with van der Waals surface area (Å²) in [5.41, 5.74) is 0. The number of rotatable bonds is 3. The van der Waals surface area contributed by atoms with E-state index in [-0.39, 0.29) is 11.9 Å². The van der Waals surface area contributed by atoms with Gasteiger partial charge in [0.05, 0.1) is 12.6 Å². The number of carbonyl (C=O) groups is 1. The highest BCUT2D eigenvalue weighted by molar-refractivity contribution is 5.82. The molecule has 5 nitrogen and oxygen atoms in total. The Labute approximate surface area is 95.0 Å². The predicted molar refractivity (Wildman–Crippen MR) is 60.6 cm³/mol. The number of aromatic amines is 1. The van der Waals surface area contributed by atoms with Crippen molar-refractivity contribution in [2.75, 3.05) is 6.54 Å². The summed E-state index contributed by atoms with van der Waals surface area (Å²) in [7, 11) is 0. The summed E-state index contributed by atoms with van der Waals surface area (Å²) in [4.78, 5) is 18.9. The number of aromatic nitrogens is 2. The molecule has 16 heavy (non-hydrogen) atoms. The summed E-state index contributed by atoms with van der Waals surface area (Å²) >= 11 is 0. The molecule has 88 valence electrons. The van der Waals surface area contributed by atoms with E-state index in [0.717, 1.165) is 25.2 Å². The first-order chi connectivity index (χ1) is 7.77. The van der Waals surface area contributed by atoms with Gasteiger partial charge in [-0.3, -0.25) is 4.79 Å². The van der Waals surface area contributed by atoms with Crippen molar-refractivity contribution < 1.29 is 4.79 Å². The zero-order valence-electron chi connectivity index (χ0n) is 9.49. The first-order valence-corrected chi connectivity index (χ1v) is 5.76. The van der Waals surface area contributed by atoms with Gasteiger partial charge in [-0.1, -0.05) is 6.92 Å². The van der Waals surface area contributed by atoms with Crippen molar-refractivity contribution in [1.82, 2.24) is 20.6 Å². The van der Waals surface area contributed by atoms with E-state index < -0.39 is 0 Å². The molecule has 1 fully saturated rings. The molecule has 0 radical (unpaired) electrons. The third kappa shape index (κ3) is 2.61. The molecule has 0 saturated carbocycles. The summed E-state index contributed by atoms with van der Waals surface area (Å²) in [5, 5.41) is 6.15. The molecule has 5 heteroatoms. The lowest BCUT2D eigenvalue weighted by Crippen LogP contribution is -2.50.